The van der Waals surface area contributed by atoms with Crippen LogP contribution in [0.4, 0.5) is 11.4 Å². The first-order chi connectivity index (χ1) is 10.4. The third-order valence-corrected chi connectivity index (χ3v) is 4.44. The molecule has 0 spiro atoms. The average molecular weight is 381 g/mol. The number of rotatable bonds is 5. The Kier molecular flexibility index (Phi) is 5.74. The highest BCUT2D eigenvalue weighted by Crippen LogP contribution is 2.23. The Hall–Kier alpha value is -1.66. The van der Waals surface area contributed by atoms with Crippen LogP contribution >= 0.6 is 27.3 Å². The Balaban J connectivity index is 1.94. The SMILES string of the molecule is CC(C)CC(=O)Nc1ccc(NC(=O)c2ccc(Br)s2)cc1. The van der Waals surface area contributed by atoms with Gasteiger partial charge in [-0.15, -0.1) is 11.3 Å². The van der Waals surface area contributed by atoms with Gasteiger partial charge in [-0.3, -0.25) is 9.59 Å². The molecule has 22 heavy (non-hydrogen) atoms. The molecule has 0 radical (unpaired) electrons. The molecule has 0 atom stereocenters. The zero-order chi connectivity index (χ0) is 16.1. The van der Waals surface area contributed by atoms with Gasteiger partial charge in [-0.25, -0.2) is 0 Å². The first-order valence-corrected chi connectivity index (χ1v) is 8.51. The van der Waals surface area contributed by atoms with Gasteiger partial charge in [0.1, 0.15) is 0 Å². The Morgan fingerprint density at radius 1 is 1.05 bits per heavy atom. The zero-order valence-electron chi connectivity index (χ0n) is 12.4. The molecule has 0 aliphatic rings. The molecule has 2 N–H and O–H groups in total. The number of hydrogen-bond donors (Lipinski definition) is 2. The van der Waals surface area contributed by atoms with Gasteiger partial charge < -0.3 is 10.6 Å². The van der Waals surface area contributed by atoms with E-state index in [4.69, 9.17) is 0 Å². The molecule has 0 saturated heterocycles. The molecular formula is C16H17BrN2O2S. The second-order valence-electron chi connectivity index (χ2n) is 5.28. The Labute approximate surface area is 142 Å². The van der Waals surface area contributed by atoms with E-state index in [1.54, 1.807) is 30.3 Å². The fourth-order valence-electron chi connectivity index (χ4n) is 1.85. The highest BCUT2D eigenvalue weighted by molar-refractivity contribution is 9.11. The van der Waals surface area contributed by atoms with Crippen molar-refractivity contribution in [2.24, 2.45) is 5.92 Å². The summed E-state index contributed by atoms with van der Waals surface area (Å²) in [5, 5.41) is 5.66. The molecule has 1 aromatic heterocycles. The van der Waals surface area contributed by atoms with Gasteiger partial charge in [-0.1, -0.05) is 13.8 Å². The molecule has 1 aromatic carbocycles. The number of anilines is 2. The van der Waals surface area contributed by atoms with Crippen LogP contribution in [0.3, 0.4) is 0 Å². The van der Waals surface area contributed by atoms with Crippen LogP contribution in [-0.2, 0) is 4.79 Å². The van der Waals surface area contributed by atoms with Gasteiger partial charge in [0.2, 0.25) is 5.91 Å². The topological polar surface area (TPSA) is 58.2 Å². The van der Waals surface area contributed by atoms with E-state index in [1.165, 1.54) is 11.3 Å². The summed E-state index contributed by atoms with van der Waals surface area (Å²) in [5.74, 6) is 0.172. The minimum absolute atomic E-state index is 0.00442. The largest absolute Gasteiger partial charge is 0.326 e. The first kappa shape index (κ1) is 16.7. The predicted octanol–water partition coefficient (Wildman–Crippen LogP) is 4.75. The molecule has 2 amide bonds. The van der Waals surface area contributed by atoms with Crippen molar-refractivity contribution >= 4 is 50.5 Å². The Bertz CT molecular complexity index is 665. The summed E-state index contributed by atoms with van der Waals surface area (Å²) in [6.07, 6.45) is 0.492. The van der Waals surface area contributed by atoms with E-state index in [0.29, 0.717) is 22.9 Å². The molecule has 2 aromatic rings. The fourth-order valence-corrected chi connectivity index (χ4v) is 3.13. The number of hydrogen-bond acceptors (Lipinski definition) is 3. The quantitative estimate of drug-likeness (QED) is 0.786. The van der Waals surface area contributed by atoms with Crippen LogP contribution in [-0.4, -0.2) is 11.8 Å². The smallest absolute Gasteiger partial charge is 0.265 e. The van der Waals surface area contributed by atoms with Gasteiger partial charge >= 0.3 is 0 Å². The molecule has 2 rings (SSSR count). The van der Waals surface area contributed by atoms with Gasteiger partial charge in [0.05, 0.1) is 8.66 Å². The number of amides is 2. The summed E-state index contributed by atoms with van der Waals surface area (Å²) in [4.78, 5) is 24.3. The molecule has 0 bridgehead atoms. The second kappa shape index (κ2) is 7.56. The molecule has 0 unspecified atom stereocenters. The van der Waals surface area contributed by atoms with E-state index in [-0.39, 0.29) is 11.8 Å². The van der Waals surface area contributed by atoms with Crippen molar-refractivity contribution < 1.29 is 9.59 Å². The highest BCUT2D eigenvalue weighted by Gasteiger charge is 2.09. The molecule has 0 fully saturated rings. The summed E-state index contributed by atoms with van der Waals surface area (Å²) in [6, 6.07) is 10.7. The van der Waals surface area contributed by atoms with Crippen LogP contribution in [0.15, 0.2) is 40.2 Å². The summed E-state index contributed by atoms with van der Waals surface area (Å²) in [6.45, 7) is 4.00. The third kappa shape index (κ3) is 4.96. The average Bonchev–Trinajstić information content (AvgIpc) is 2.87. The molecule has 116 valence electrons. The van der Waals surface area contributed by atoms with Gasteiger partial charge in [-0.05, 0) is 58.2 Å². The van der Waals surface area contributed by atoms with Crippen molar-refractivity contribution in [2.75, 3.05) is 10.6 Å². The zero-order valence-corrected chi connectivity index (χ0v) is 14.8. The third-order valence-electron chi connectivity index (χ3n) is 2.82. The Morgan fingerprint density at radius 2 is 1.64 bits per heavy atom. The second-order valence-corrected chi connectivity index (χ2v) is 7.74. The fraction of sp³-hybridized carbons (Fsp3) is 0.250. The number of halogens is 1. The molecule has 0 aliphatic heterocycles. The number of thiophene rings is 1. The molecule has 0 aliphatic carbocycles. The van der Waals surface area contributed by atoms with Gasteiger partial charge in [0.25, 0.3) is 5.91 Å². The van der Waals surface area contributed by atoms with Crippen molar-refractivity contribution in [1.82, 2.24) is 0 Å². The van der Waals surface area contributed by atoms with E-state index < -0.39 is 0 Å². The molecule has 0 saturated carbocycles. The highest BCUT2D eigenvalue weighted by atomic mass is 79.9. The van der Waals surface area contributed by atoms with Crippen LogP contribution in [0.25, 0.3) is 0 Å². The van der Waals surface area contributed by atoms with Crippen molar-refractivity contribution in [3.63, 3.8) is 0 Å². The lowest BCUT2D eigenvalue weighted by atomic mass is 10.1. The summed E-state index contributed by atoms with van der Waals surface area (Å²) >= 11 is 4.71. The normalized spacial score (nSPS) is 10.5. The van der Waals surface area contributed by atoms with Crippen molar-refractivity contribution in [3.05, 3.63) is 45.1 Å². The maximum Gasteiger partial charge on any atom is 0.265 e. The lowest BCUT2D eigenvalue weighted by Crippen LogP contribution is -2.14. The van der Waals surface area contributed by atoms with E-state index >= 15 is 0 Å². The minimum atomic E-state index is -0.146. The lowest BCUT2D eigenvalue weighted by molar-refractivity contribution is -0.116. The standard InChI is InChI=1S/C16H17BrN2O2S/c1-10(2)9-15(20)18-11-3-5-12(6-4-11)19-16(21)13-7-8-14(17)22-13/h3-8,10H,9H2,1-2H3,(H,18,20)(H,19,21). The van der Waals surface area contributed by atoms with Crippen LogP contribution in [0.1, 0.15) is 29.9 Å². The van der Waals surface area contributed by atoms with Gasteiger partial charge in [0.15, 0.2) is 0 Å². The van der Waals surface area contributed by atoms with E-state index in [1.807, 2.05) is 19.9 Å². The molecule has 4 nitrogen and oxygen atoms in total. The summed E-state index contributed by atoms with van der Waals surface area (Å²) in [7, 11) is 0. The maximum atomic E-state index is 12.0. The molecule has 1 heterocycles. The molecular weight excluding hydrogens is 364 g/mol. The van der Waals surface area contributed by atoms with Crippen molar-refractivity contribution in [1.29, 1.82) is 0 Å². The summed E-state index contributed by atoms with van der Waals surface area (Å²) in [5.41, 5.74) is 1.42. The lowest BCUT2D eigenvalue weighted by Gasteiger charge is -2.08. The Morgan fingerprint density at radius 3 is 2.14 bits per heavy atom. The number of carbonyl (C=O) groups is 2. The van der Waals surface area contributed by atoms with E-state index in [0.717, 1.165) is 9.47 Å². The monoisotopic (exact) mass is 380 g/mol. The number of benzene rings is 1. The predicted molar refractivity (Wildman–Crippen MR) is 94.5 cm³/mol. The van der Waals surface area contributed by atoms with Gasteiger partial charge in [0, 0.05) is 17.8 Å². The van der Waals surface area contributed by atoms with Gasteiger partial charge in [-0.2, -0.15) is 0 Å². The van der Waals surface area contributed by atoms with Crippen LogP contribution in [0.2, 0.25) is 0 Å². The maximum absolute atomic E-state index is 12.0. The minimum Gasteiger partial charge on any atom is -0.326 e. The number of carbonyl (C=O) groups excluding carboxylic acids is 2. The van der Waals surface area contributed by atoms with E-state index in [2.05, 4.69) is 26.6 Å². The summed E-state index contributed by atoms with van der Waals surface area (Å²) < 4.78 is 0.917. The first-order valence-electron chi connectivity index (χ1n) is 6.90. The van der Waals surface area contributed by atoms with Crippen LogP contribution in [0.5, 0.6) is 0 Å². The number of nitrogens with one attached hydrogen (secondary N) is 2. The van der Waals surface area contributed by atoms with Crippen LogP contribution in [0, 0.1) is 5.92 Å². The van der Waals surface area contributed by atoms with Crippen molar-refractivity contribution in [2.45, 2.75) is 20.3 Å². The molecule has 6 heteroatoms. The van der Waals surface area contributed by atoms with Crippen LogP contribution < -0.4 is 10.6 Å². The van der Waals surface area contributed by atoms with E-state index in [9.17, 15) is 9.59 Å². The van der Waals surface area contributed by atoms with Crippen molar-refractivity contribution in [3.8, 4) is 0 Å².